The van der Waals surface area contributed by atoms with Crippen LogP contribution in [0.4, 0.5) is 4.39 Å². The molecule has 0 aliphatic carbocycles. The average molecular weight is 434 g/mol. The molecule has 1 heterocycles. The van der Waals surface area contributed by atoms with Gasteiger partial charge in [-0.25, -0.2) is 4.39 Å². The first kappa shape index (κ1) is 20.8. The fraction of sp³-hybridized carbons (Fsp3) is 0.125. The summed E-state index contributed by atoms with van der Waals surface area (Å²) in [6.45, 7) is 2.24. The highest BCUT2D eigenvalue weighted by molar-refractivity contribution is 7.99. The summed E-state index contributed by atoms with van der Waals surface area (Å²) in [5.74, 6) is 0.0129. The van der Waals surface area contributed by atoms with Crippen LogP contribution >= 0.6 is 11.8 Å². The Hall–Kier alpha value is -3.45. The van der Waals surface area contributed by atoms with E-state index in [1.54, 1.807) is 12.1 Å². The van der Waals surface area contributed by atoms with Crippen molar-refractivity contribution < 1.29 is 13.9 Å². The van der Waals surface area contributed by atoms with Crippen molar-refractivity contribution in [3.63, 3.8) is 0 Å². The zero-order valence-corrected chi connectivity index (χ0v) is 17.7. The Morgan fingerprint density at radius 3 is 2.39 bits per heavy atom. The summed E-state index contributed by atoms with van der Waals surface area (Å²) in [7, 11) is 0. The zero-order chi connectivity index (χ0) is 21.6. The Bertz CT molecular complexity index is 1160. The molecule has 0 saturated carbocycles. The van der Waals surface area contributed by atoms with Gasteiger partial charge in [0.2, 0.25) is 0 Å². The molecule has 0 saturated heterocycles. The molecule has 0 aliphatic heterocycles. The van der Waals surface area contributed by atoms with Gasteiger partial charge in [0.25, 0.3) is 0 Å². The van der Waals surface area contributed by atoms with Gasteiger partial charge in [0.05, 0.1) is 5.75 Å². The first-order chi connectivity index (χ1) is 15.1. The van der Waals surface area contributed by atoms with Crippen LogP contribution in [0, 0.1) is 12.7 Å². The molecule has 156 valence electrons. The third-order valence-electron chi connectivity index (χ3n) is 4.59. The van der Waals surface area contributed by atoms with Crippen molar-refractivity contribution in [2.45, 2.75) is 18.7 Å². The van der Waals surface area contributed by atoms with E-state index in [0.29, 0.717) is 11.0 Å². The number of para-hydroxylation sites is 1. The van der Waals surface area contributed by atoms with Crippen LogP contribution in [-0.4, -0.2) is 26.5 Å². The quantitative estimate of drug-likeness (QED) is 0.296. The van der Waals surface area contributed by atoms with Crippen molar-refractivity contribution in [3.05, 3.63) is 95.8 Å². The number of aromatic nitrogens is 3. The standard InChI is InChI=1S/C24H20FN3O2S/c1-17-7-9-18(10-8-17)15-30-22(29)16-31-24-27-26-23(19-11-13-20(25)14-12-19)28(24)21-5-3-2-4-6-21/h2-14H,15-16H2,1H3. The van der Waals surface area contributed by atoms with Gasteiger partial charge in [-0.2, -0.15) is 0 Å². The first-order valence-corrected chi connectivity index (χ1v) is 10.7. The van der Waals surface area contributed by atoms with Gasteiger partial charge in [0, 0.05) is 11.3 Å². The lowest BCUT2D eigenvalue weighted by Crippen LogP contribution is -2.08. The van der Waals surface area contributed by atoms with E-state index in [-0.39, 0.29) is 24.1 Å². The fourth-order valence-electron chi connectivity index (χ4n) is 2.97. The molecule has 0 atom stereocenters. The number of benzene rings is 3. The Morgan fingerprint density at radius 1 is 0.968 bits per heavy atom. The van der Waals surface area contributed by atoms with E-state index in [4.69, 9.17) is 4.74 Å². The van der Waals surface area contributed by atoms with Crippen LogP contribution in [0.25, 0.3) is 17.1 Å². The minimum Gasteiger partial charge on any atom is -0.460 e. The van der Waals surface area contributed by atoms with E-state index < -0.39 is 0 Å². The minimum atomic E-state index is -0.337. The molecule has 5 nitrogen and oxygen atoms in total. The number of aryl methyl sites for hydroxylation is 1. The second-order valence-corrected chi connectivity index (χ2v) is 7.86. The van der Waals surface area contributed by atoms with E-state index in [1.165, 1.54) is 23.9 Å². The van der Waals surface area contributed by atoms with Crippen molar-refractivity contribution in [2.75, 3.05) is 5.75 Å². The molecule has 0 radical (unpaired) electrons. The molecule has 0 unspecified atom stereocenters. The smallest absolute Gasteiger partial charge is 0.316 e. The van der Waals surface area contributed by atoms with E-state index in [2.05, 4.69) is 10.2 Å². The summed E-state index contributed by atoms with van der Waals surface area (Å²) in [5.41, 5.74) is 3.67. The third-order valence-corrected chi connectivity index (χ3v) is 5.49. The van der Waals surface area contributed by atoms with Crippen molar-refractivity contribution in [2.24, 2.45) is 0 Å². The molecular formula is C24H20FN3O2S. The normalized spacial score (nSPS) is 10.8. The van der Waals surface area contributed by atoms with Crippen LogP contribution in [0.5, 0.6) is 0 Å². The van der Waals surface area contributed by atoms with Crippen LogP contribution in [0.1, 0.15) is 11.1 Å². The first-order valence-electron chi connectivity index (χ1n) is 9.71. The molecule has 0 fully saturated rings. The van der Waals surface area contributed by atoms with Crippen LogP contribution in [0.2, 0.25) is 0 Å². The molecule has 4 rings (SSSR count). The van der Waals surface area contributed by atoms with E-state index in [1.807, 2.05) is 66.1 Å². The number of halogens is 1. The number of hydrogen-bond acceptors (Lipinski definition) is 5. The molecule has 0 bridgehead atoms. The van der Waals surface area contributed by atoms with Crippen LogP contribution in [0.3, 0.4) is 0 Å². The number of nitrogens with zero attached hydrogens (tertiary/aromatic N) is 3. The summed E-state index contributed by atoms with van der Waals surface area (Å²) < 4.78 is 20.6. The lowest BCUT2D eigenvalue weighted by molar-refractivity contribution is -0.141. The second-order valence-electron chi connectivity index (χ2n) is 6.92. The molecule has 1 aromatic heterocycles. The monoisotopic (exact) mass is 433 g/mol. The van der Waals surface area contributed by atoms with Crippen molar-refractivity contribution in [1.29, 1.82) is 0 Å². The number of carbonyl (C=O) groups is 1. The van der Waals surface area contributed by atoms with Crippen molar-refractivity contribution in [1.82, 2.24) is 14.8 Å². The van der Waals surface area contributed by atoms with E-state index >= 15 is 0 Å². The van der Waals surface area contributed by atoms with Crippen LogP contribution in [0.15, 0.2) is 84.0 Å². The highest BCUT2D eigenvalue weighted by Gasteiger charge is 2.17. The molecule has 3 aromatic carbocycles. The van der Waals surface area contributed by atoms with Crippen molar-refractivity contribution in [3.8, 4) is 17.1 Å². The Kier molecular flexibility index (Phi) is 6.43. The lowest BCUT2D eigenvalue weighted by atomic mass is 10.2. The molecule has 4 aromatic rings. The average Bonchev–Trinajstić information content (AvgIpc) is 3.22. The highest BCUT2D eigenvalue weighted by atomic mass is 32.2. The van der Waals surface area contributed by atoms with E-state index in [9.17, 15) is 9.18 Å². The van der Waals surface area contributed by atoms with Gasteiger partial charge in [-0.15, -0.1) is 10.2 Å². The SMILES string of the molecule is Cc1ccc(COC(=O)CSc2nnc(-c3ccc(F)cc3)n2-c2ccccc2)cc1. The van der Waals surface area contributed by atoms with Crippen LogP contribution in [-0.2, 0) is 16.1 Å². The number of carbonyl (C=O) groups excluding carboxylic acids is 1. The van der Waals surface area contributed by atoms with Crippen molar-refractivity contribution >= 4 is 17.7 Å². The van der Waals surface area contributed by atoms with Gasteiger partial charge in [-0.05, 0) is 48.9 Å². The molecule has 0 amide bonds. The molecular weight excluding hydrogens is 413 g/mol. The third kappa shape index (κ3) is 5.19. The molecule has 7 heteroatoms. The van der Waals surface area contributed by atoms with Gasteiger partial charge in [-0.1, -0.05) is 59.8 Å². The highest BCUT2D eigenvalue weighted by Crippen LogP contribution is 2.28. The minimum absolute atomic E-state index is 0.0975. The maximum Gasteiger partial charge on any atom is 0.316 e. The topological polar surface area (TPSA) is 57.0 Å². The fourth-order valence-corrected chi connectivity index (χ4v) is 3.72. The Morgan fingerprint density at radius 2 is 1.68 bits per heavy atom. The van der Waals surface area contributed by atoms with Gasteiger partial charge >= 0.3 is 5.97 Å². The number of esters is 1. The van der Waals surface area contributed by atoms with Gasteiger partial charge in [0.1, 0.15) is 12.4 Å². The number of thioether (sulfide) groups is 1. The number of rotatable bonds is 7. The summed E-state index contributed by atoms with van der Waals surface area (Å²) in [6.07, 6.45) is 0. The number of hydrogen-bond donors (Lipinski definition) is 0. The van der Waals surface area contributed by atoms with E-state index in [0.717, 1.165) is 22.4 Å². The molecule has 31 heavy (non-hydrogen) atoms. The second kappa shape index (κ2) is 9.57. The summed E-state index contributed by atoms with van der Waals surface area (Å²) >= 11 is 1.25. The Balaban J connectivity index is 1.50. The van der Waals surface area contributed by atoms with Gasteiger partial charge in [0.15, 0.2) is 11.0 Å². The Labute approximate surface area is 183 Å². The van der Waals surface area contributed by atoms with Crippen LogP contribution < -0.4 is 0 Å². The lowest BCUT2D eigenvalue weighted by Gasteiger charge is -2.10. The predicted molar refractivity (Wildman–Crippen MR) is 118 cm³/mol. The molecule has 0 aliphatic rings. The summed E-state index contributed by atoms with van der Waals surface area (Å²) in [6, 6.07) is 23.5. The predicted octanol–water partition coefficient (Wildman–Crippen LogP) is 5.22. The van der Waals surface area contributed by atoms with Gasteiger partial charge in [-0.3, -0.25) is 9.36 Å². The summed E-state index contributed by atoms with van der Waals surface area (Å²) in [4.78, 5) is 12.3. The number of ether oxygens (including phenoxy) is 1. The maximum absolute atomic E-state index is 13.4. The largest absolute Gasteiger partial charge is 0.460 e. The van der Waals surface area contributed by atoms with Gasteiger partial charge < -0.3 is 4.74 Å². The maximum atomic E-state index is 13.4. The zero-order valence-electron chi connectivity index (χ0n) is 16.9. The molecule has 0 spiro atoms. The molecule has 0 N–H and O–H groups in total. The summed E-state index contributed by atoms with van der Waals surface area (Å²) in [5, 5.41) is 9.11.